The fourth-order valence-electron chi connectivity index (χ4n) is 1.57. The highest BCUT2D eigenvalue weighted by atomic mass is 32.2. The van der Waals surface area contributed by atoms with E-state index in [1.807, 2.05) is 0 Å². The van der Waals surface area contributed by atoms with Crippen LogP contribution in [0.3, 0.4) is 0 Å². The van der Waals surface area contributed by atoms with Crippen molar-refractivity contribution >= 4 is 15.8 Å². The molecule has 0 unspecified atom stereocenters. The zero-order valence-corrected chi connectivity index (χ0v) is 13.0. The number of hydrogen-bond donors (Lipinski definition) is 1. The number of ether oxygens (including phenoxy) is 1. The molecule has 0 aliphatic rings. The number of sulfone groups is 1. The van der Waals surface area contributed by atoms with E-state index < -0.39 is 20.6 Å². The van der Waals surface area contributed by atoms with E-state index in [0.717, 1.165) is 0 Å². The second-order valence-electron chi connectivity index (χ2n) is 5.54. The van der Waals surface area contributed by atoms with Crippen molar-refractivity contribution in [3.8, 4) is 5.75 Å². The number of carboxylic acids is 1. The molecule has 1 aromatic carbocycles. The van der Waals surface area contributed by atoms with Gasteiger partial charge in [-0.25, -0.2) is 13.2 Å². The standard InChI is InChI=1S/C14H20O5S/c1-10-6-5-7-11(13(15)16)12(10)19-8-9-20(17,18)14(2,3)4/h5-7H,8-9H2,1-4H3,(H,15,16). The molecule has 6 heteroatoms. The molecule has 0 aliphatic carbocycles. The molecular formula is C14H20O5S. The monoisotopic (exact) mass is 300 g/mol. The lowest BCUT2D eigenvalue weighted by molar-refractivity contribution is 0.0692. The van der Waals surface area contributed by atoms with E-state index in [1.54, 1.807) is 39.8 Å². The summed E-state index contributed by atoms with van der Waals surface area (Å²) in [4.78, 5) is 11.1. The number of aromatic carboxylic acids is 1. The third-order valence-electron chi connectivity index (χ3n) is 2.97. The van der Waals surface area contributed by atoms with E-state index in [1.165, 1.54) is 6.07 Å². The highest BCUT2D eigenvalue weighted by molar-refractivity contribution is 7.92. The third kappa shape index (κ3) is 3.72. The molecule has 0 fully saturated rings. The molecule has 0 bridgehead atoms. The van der Waals surface area contributed by atoms with Gasteiger partial charge in [-0.05, 0) is 39.3 Å². The van der Waals surface area contributed by atoms with Gasteiger partial charge in [0.2, 0.25) is 0 Å². The number of carbonyl (C=O) groups is 1. The fraction of sp³-hybridized carbons (Fsp3) is 0.500. The number of hydrogen-bond acceptors (Lipinski definition) is 4. The van der Waals surface area contributed by atoms with Gasteiger partial charge in [-0.2, -0.15) is 0 Å². The van der Waals surface area contributed by atoms with Gasteiger partial charge in [0.1, 0.15) is 17.9 Å². The summed E-state index contributed by atoms with van der Waals surface area (Å²) in [6, 6.07) is 4.78. The summed E-state index contributed by atoms with van der Waals surface area (Å²) >= 11 is 0. The van der Waals surface area contributed by atoms with Crippen LogP contribution in [0.2, 0.25) is 0 Å². The summed E-state index contributed by atoms with van der Waals surface area (Å²) in [5.74, 6) is -1.02. The second-order valence-corrected chi connectivity index (χ2v) is 8.40. The van der Waals surface area contributed by atoms with E-state index in [9.17, 15) is 13.2 Å². The molecule has 1 N–H and O–H groups in total. The Labute approximate surface area is 119 Å². The average molecular weight is 300 g/mol. The summed E-state index contributed by atoms with van der Waals surface area (Å²) in [6.45, 7) is 6.53. The zero-order valence-electron chi connectivity index (χ0n) is 12.1. The average Bonchev–Trinajstić information content (AvgIpc) is 2.29. The van der Waals surface area contributed by atoms with E-state index in [4.69, 9.17) is 9.84 Å². The summed E-state index contributed by atoms with van der Waals surface area (Å²) in [7, 11) is -3.29. The molecule has 0 saturated heterocycles. The van der Waals surface area contributed by atoms with Gasteiger partial charge < -0.3 is 9.84 Å². The molecule has 1 rings (SSSR count). The molecule has 0 aromatic heterocycles. The van der Waals surface area contributed by atoms with E-state index in [2.05, 4.69) is 0 Å². The molecule has 0 aliphatic heterocycles. The molecule has 20 heavy (non-hydrogen) atoms. The summed E-state index contributed by atoms with van der Waals surface area (Å²) in [5.41, 5.74) is 0.705. The van der Waals surface area contributed by atoms with Crippen molar-refractivity contribution < 1.29 is 23.1 Å². The van der Waals surface area contributed by atoms with Gasteiger partial charge in [0.05, 0.1) is 10.5 Å². The highest BCUT2D eigenvalue weighted by Gasteiger charge is 2.28. The zero-order chi connectivity index (χ0) is 15.6. The van der Waals surface area contributed by atoms with Crippen LogP contribution in [0.15, 0.2) is 18.2 Å². The number of para-hydroxylation sites is 1. The third-order valence-corrected chi connectivity index (χ3v) is 5.54. The van der Waals surface area contributed by atoms with Crippen LogP contribution < -0.4 is 4.74 Å². The Hall–Kier alpha value is -1.56. The van der Waals surface area contributed by atoms with Crippen LogP contribution in [0, 0.1) is 6.92 Å². The van der Waals surface area contributed by atoms with Crippen molar-refractivity contribution in [2.75, 3.05) is 12.4 Å². The Morgan fingerprint density at radius 1 is 1.30 bits per heavy atom. The molecule has 1 aromatic rings. The number of carboxylic acid groups (broad SMARTS) is 1. The Kier molecular flexibility index (Phi) is 4.81. The van der Waals surface area contributed by atoms with Crippen molar-refractivity contribution in [2.45, 2.75) is 32.4 Å². The van der Waals surface area contributed by atoms with Crippen molar-refractivity contribution in [1.29, 1.82) is 0 Å². The maximum atomic E-state index is 11.9. The Balaban J connectivity index is 2.85. The van der Waals surface area contributed by atoms with Gasteiger partial charge >= 0.3 is 5.97 Å². The van der Waals surface area contributed by atoms with Crippen LogP contribution in [-0.4, -0.2) is 36.6 Å². The first-order valence-electron chi connectivity index (χ1n) is 6.24. The minimum Gasteiger partial charge on any atom is -0.491 e. The lowest BCUT2D eigenvalue weighted by Gasteiger charge is -2.19. The summed E-state index contributed by atoms with van der Waals surface area (Å²) in [5, 5.41) is 9.08. The number of rotatable bonds is 5. The molecule has 0 heterocycles. The minimum atomic E-state index is -3.29. The number of aryl methyl sites for hydroxylation is 1. The topological polar surface area (TPSA) is 80.7 Å². The van der Waals surface area contributed by atoms with Crippen LogP contribution in [0.5, 0.6) is 5.75 Å². The van der Waals surface area contributed by atoms with Gasteiger partial charge in [-0.3, -0.25) is 0 Å². The molecule has 0 spiro atoms. The van der Waals surface area contributed by atoms with E-state index in [0.29, 0.717) is 5.56 Å². The molecule has 112 valence electrons. The molecule has 0 amide bonds. The van der Waals surface area contributed by atoms with Crippen LogP contribution in [0.1, 0.15) is 36.7 Å². The summed E-state index contributed by atoms with van der Waals surface area (Å²) < 4.78 is 28.5. The number of benzene rings is 1. The first kappa shape index (κ1) is 16.5. The van der Waals surface area contributed by atoms with E-state index in [-0.39, 0.29) is 23.7 Å². The maximum Gasteiger partial charge on any atom is 0.339 e. The SMILES string of the molecule is Cc1cccc(C(=O)O)c1OCCS(=O)(=O)C(C)(C)C. The quantitative estimate of drug-likeness (QED) is 0.902. The van der Waals surface area contributed by atoms with Crippen LogP contribution in [-0.2, 0) is 9.84 Å². The molecule has 0 atom stereocenters. The fourth-order valence-corrected chi connectivity index (χ4v) is 2.49. The lowest BCUT2D eigenvalue weighted by Crippen LogP contribution is -2.32. The maximum absolute atomic E-state index is 11.9. The Bertz CT molecular complexity index is 596. The Morgan fingerprint density at radius 3 is 2.40 bits per heavy atom. The predicted molar refractivity (Wildman–Crippen MR) is 77.2 cm³/mol. The van der Waals surface area contributed by atoms with Crippen molar-refractivity contribution in [1.82, 2.24) is 0 Å². The molecule has 0 radical (unpaired) electrons. The first-order chi connectivity index (χ1) is 9.06. The molecular weight excluding hydrogens is 280 g/mol. The van der Waals surface area contributed by atoms with Gasteiger partial charge in [-0.15, -0.1) is 0 Å². The normalized spacial score (nSPS) is 12.2. The van der Waals surface area contributed by atoms with Crippen molar-refractivity contribution in [3.05, 3.63) is 29.3 Å². The van der Waals surface area contributed by atoms with Gasteiger partial charge in [0.25, 0.3) is 0 Å². The van der Waals surface area contributed by atoms with E-state index >= 15 is 0 Å². The highest BCUT2D eigenvalue weighted by Crippen LogP contribution is 2.24. The molecule has 5 nitrogen and oxygen atoms in total. The van der Waals surface area contributed by atoms with Gasteiger partial charge in [-0.1, -0.05) is 12.1 Å². The minimum absolute atomic E-state index is 0.0400. The summed E-state index contributed by atoms with van der Waals surface area (Å²) in [6.07, 6.45) is 0. The largest absolute Gasteiger partial charge is 0.491 e. The van der Waals surface area contributed by atoms with Crippen LogP contribution >= 0.6 is 0 Å². The van der Waals surface area contributed by atoms with Crippen molar-refractivity contribution in [2.24, 2.45) is 0 Å². The van der Waals surface area contributed by atoms with Crippen LogP contribution in [0.4, 0.5) is 0 Å². The molecule has 0 saturated carbocycles. The Morgan fingerprint density at radius 2 is 1.90 bits per heavy atom. The second kappa shape index (κ2) is 5.83. The predicted octanol–water partition coefficient (Wildman–Crippen LogP) is 2.29. The smallest absolute Gasteiger partial charge is 0.339 e. The van der Waals surface area contributed by atoms with Crippen molar-refractivity contribution in [3.63, 3.8) is 0 Å². The lowest BCUT2D eigenvalue weighted by atomic mass is 10.1. The van der Waals surface area contributed by atoms with Crippen LogP contribution in [0.25, 0.3) is 0 Å². The van der Waals surface area contributed by atoms with Gasteiger partial charge in [0, 0.05) is 0 Å². The first-order valence-corrected chi connectivity index (χ1v) is 7.89. The van der Waals surface area contributed by atoms with Gasteiger partial charge in [0.15, 0.2) is 9.84 Å².